The summed E-state index contributed by atoms with van der Waals surface area (Å²) in [6.07, 6.45) is 4.41. The molecule has 138 valence electrons. The Balaban J connectivity index is 2.37. The van der Waals surface area contributed by atoms with Crippen molar-refractivity contribution in [1.82, 2.24) is 4.90 Å². The smallest absolute Gasteiger partial charge is 0.332 e. The van der Waals surface area contributed by atoms with Gasteiger partial charge >= 0.3 is 11.9 Å². The van der Waals surface area contributed by atoms with E-state index < -0.39 is 11.9 Å². The van der Waals surface area contributed by atoms with Crippen molar-refractivity contribution in [2.24, 2.45) is 5.92 Å². The molecule has 0 atom stereocenters. The number of carboxylic acids is 2. The van der Waals surface area contributed by atoms with Gasteiger partial charge in [0.25, 0.3) is 0 Å². The zero-order valence-electron chi connectivity index (χ0n) is 14.9. The molecule has 0 aromatic heterocycles. The number of rotatable bonds is 11. The van der Waals surface area contributed by atoms with Crippen molar-refractivity contribution < 1.29 is 24.5 Å². The lowest BCUT2D eigenvalue weighted by atomic mass is 9.94. The first-order valence-corrected chi connectivity index (χ1v) is 8.90. The quantitative estimate of drug-likeness (QED) is 0.444. The van der Waals surface area contributed by atoms with Gasteiger partial charge in [0, 0.05) is 24.2 Å². The number of aliphatic carboxylic acids is 2. The van der Waals surface area contributed by atoms with Crippen LogP contribution >= 0.6 is 0 Å². The maximum absolute atomic E-state index is 11.4. The minimum absolute atomic E-state index is 0.0609. The Labute approximate surface area is 144 Å². The van der Waals surface area contributed by atoms with Crippen molar-refractivity contribution in [2.75, 3.05) is 32.8 Å². The molecule has 0 aromatic carbocycles. The number of carbonyl (C=O) groups is 2. The fraction of sp³-hybridized carbons (Fsp3) is 0.778. The molecule has 1 aliphatic rings. The summed E-state index contributed by atoms with van der Waals surface area (Å²) < 4.78 is 5.31. The zero-order chi connectivity index (χ0) is 17.9. The van der Waals surface area contributed by atoms with E-state index in [0.29, 0.717) is 12.8 Å². The minimum atomic E-state index is -1.10. The first kappa shape index (κ1) is 20.6. The minimum Gasteiger partial charge on any atom is -0.478 e. The lowest BCUT2D eigenvalue weighted by Crippen LogP contribution is -2.36. The van der Waals surface area contributed by atoms with Gasteiger partial charge in [-0.15, -0.1) is 0 Å². The fourth-order valence-electron chi connectivity index (χ4n) is 2.95. The van der Waals surface area contributed by atoms with Gasteiger partial charge in [-0.2, -0.15) is 0 Å². The summed E-state index contributed by atoms with van der Waals surface area (Å²) in [5.41, 5.74) is 0.134. The Morgan fingerprint density at radius 3 is 2.08 bits per heavy atom. The maximum atomic E-state index is 11.4. The van der Waals surface area contributed by atoms with E-state index in [1.165, 1.54) is 0 Å². The molecule has 0 aromatic rings. The van der Waals surface area contributed by atoms with Gasteiger partial charge < -0.3 is 14.9 Å². The highest BCUT2D eigenvalue weighted by Crippen LogP contribution is 2.21. The largest absolute Gasteiger partial charge is 0.478 e. The van der Waals surface area contributed by atoms with Gasteiger partial charge in [0.2, 0.25) is 0 Å². The molecule has 2 N–H and O–H groups in total. The molecule has 0 aliphatic carbocycles. The highest BCUT2D eigenvalue weighted by molar-refractivity contribution is 5.98. The monoisotopic (exact) mass is 341 g/mol. The topological polar surface area (TPSA) is 87.1 Å². The molecule has 1 heterocycles. The van der Waals surface area contributed by atoms with E-state index in [4.69, 9.17) is 4.74 Å². The van der Waals surface area contributed by atoms with Crippen LogP contribution in [-0.4, -0.2) is 59.9 Å². The normalized spacial score (nSPS) is 17.0. The van der Waals surface area contributed by atoms with E-state index in [1.807, 2.05) is 13.8 Å². The van der Waals surface area contributed by atoms with Crippen LogP contribution in [0.25, 0.3) is 0 Å². The van der Waals surface area contributed by atoms with Gasteiger partial charge in [-0.05, 0) is 38.1 Å². The van der Waals surface area contributed by atoms with Crippen LogP contribution in [0.4, 0.5) is 0 Å². The third-order valence-electron chi connectivity index (χ3n) is 4.25. The molecule has 0 bridgehead atoms. The molecule has 1 fully saturated rings. The van der Waals surface area contributed by atoms with Crippen molar-refractivity contribution in [3.63, 3.8) is 0 Å². The van der Waals surface area contributed by atoms with Crippen molar-refractivity contribution in [3.8, 4) is 0 Å². The van der Waals surface area contributed by atoms with E-state index in [0.717, 1.165) is 58.5 Å². The fourth-order valence-corrected chi connectivity index (χ4v) is 2.95. The van der Waals surface area contributed by atoms with Crippen LogP contribution in [-0.2, 0) is 14.3 Å². The number of carboxylic acid groups (broad SMARTS) is 2. The summed E-state index contributed by atoms with van der Waals surface area (Å²) in [7, 11) is 0. The Kier molecular flexibility index (Phi) is 9.64. The van der Waals surface area contributed by atoms with Crippen molar-refractivity contribution >= 4 is 11.9 Å². The molecular formula is C18H31NO5. The summed E-state index contributed by atoms with van der Waals surface area (Å²) in [4.78, 5) is 25.2. The number of hydrogen-bond donors (Lipinski definition) is 2. The highest BCUT2D eigenvalue weighted by Gasteiger charge is 2.20. The Morgan fingerprint density at radius 1 is 0.958 bits per heavy atom. The average Bonchev–Trinajstić information content (AvgIpc) is 2.52. The average molecular weight is 341 g/mol. The molecule has 1 rings (SSSR count). The number of nitrogens with zero attached hydrogens (tertiary/aromatic N) is 1. The summed E-state index contributed by atoms with van der Waals surface area (Å²) in [5, 5.41) is 18.6. The number of unbranched alkanes of at least 4 members (excludes halogenated alkanes) is 3. The van der Waals surface area contributed by atoms with E-state index in [2.05, 4.69) is 4.90 Å². The van der Waals surface area contributed by atoms with E-state index in [1.54, 1.807) is 0 Å². The number of hydrogen-bond acceptors (Lipinski definition) is 4. The lowest BCUT2D eigenvalue weighted by Gasteiger charge is -2.26. The van der Waals surface area contributed by atoms with Crippen LogP contribution in [0.2, 0.25) is 0 Å². The third kappa shape index (κ3) is 7.93. The van der Waals surface area contributed by atoms with Gasteiger partial charge in [0.1, 0.15) is 0 Å². The van der Waals surface area contributed by atoms with E-state index in [-0.39, 0.29) is 17.1 Å². The van der Waals surface area contributed by atoms with Crippen LogP contribution in [0, 0.1) is 5.92 Å². The molecule has 6 nitrogen and oxygen atoms in total. The SMILES string of the molecule is CC(C)C/C(C(=O)O)=C(/CCCCCCN1CCOCC1)C(=O)O. The molecule has 24 heavy (non-hydrogen) atoms. The van der Waals surface area contributed by atoms with Gasteiger partial charge in [-0.1, -0.05) is 26.7 Å². The van der Waals surface area contributed by atoms with Gasteiger partial charge in [-0.25, -0.2) is 9.59 Å². The van der Waals surface area contributed by atoms with Gasteiger partial charge in [0.05, 0.1) is 13.2 Å². The molecule has 1 aliphatic heterocycles. The molecular weight excluding hydrogens is 310 g/mol. The van der Waals surface area contributed by atoms with Crippen LogP contribution < -0.4 is 0 Å². The molecule has 0 amide bonds. The predicted molar refractivity (Wildman–Crippen MR) is 92.1 cm³/mol. The van der Waals surface area contributed by atoms with E-state index in [9.17, 15) is 19.8 Å². The van der Waals surface area contributed by atoms with Crippen LogP contribution in [0.15, 0.2) is 11.1 Å². The highest BCUT2D eigenvalue weighted by atomic mass is 16.5. The van der Waals surface area contributed by atoms with E-state index >= 15 is 0 Å². The molecule has 1 saturated heterocycles. The third-order valence-corrected chi connectivity index (χ3v) is 4.25. The van der Waals surface area contributed by atoms with Crippen LogP contribution in [0.1, 0.15) is 52.4 Å². The van der Waals surface area contributed by atoms with Gasteiger partial charge in [0.15, 0.2) is 0 Å². The Bertz CT molecular complexity index is 439. The van der Waals surface area contributed by atoms with Crippen LogP contribution in [0.3, 0.4) is 0 Å². The second kappa shape index (κ2) is 11.2. The first-order valence-electron chi connectivity index (χ1n) is 8.90. The second-order valence-electron chi connectivity index (χ2n) is 6.78. The van der Waals surface area contributed by atoms with Gasteiger partial charge in [-0.3, -0.25) is 4.90 Å². The molecule has 6 heteroatoms. The summed E-state index contributed by atoms with van der Waals surface area (Å²) in [6, 6.07) is 0. The molecule has 0 spiro atoms. The predicted octanol–water partition coefficient (Wildman–Crippen LogP) is 2.78. The summed E-state index contributed by atoms with van der Waals surface area (Å²) in [6.45, 7) is 8.44. The number of ether oxygens (including phenoxy) is 1. The summed E-state index contributed by atoms with van der Waals surface area (Å²) in [5.74, 6) is -2.08. The maximum Gasteiger partial charge on any atom is 0.332 e. The summed E-state index contributed by atoms with van der Waals surface area (Å²) >= 11 is 0. The molecule has 0 radical (unpaired) electrons. The van der Waals surface area contributed by atoms with Crippen molar-refractivity contribution in [3.05, 3.63) is 11.1 Å². The standard InChI is InChI=1S/C18H31NO5/c1-14(2)13-16(18(22)23)15(17(20)21)7-5-3-4-6-8-19-9-11-24-12-10-19/h14H,3-13H2,1-2H3,(H,20,21)(H,22,23)/b16-15+. The Morgan fingerprint density at radius 2 is 1.54 bits per heavy atom. The molecule has 0 unspecified atom stereocenters. The molecule has 0 saturated carbocycles. The Hall–Kier alpha value is -1.40. The van der Waals surface area contributed by atoms with Crippen molar-refractivity contribution in [2.45, 2.75) is 52.4 Å². The van der Waals surface area contributed by atoms with Crippen molar-refractivity contribution in [1.29, 1.82) is 0 Å². The first-order chi connectivity index (χ1) is 11.4. The van der Waals surface area contributed by atoms with Crippen LogP contribution in [0.5, 0.6) is 0 Å². The number of morpholine rings is 1. The second-order valence-corrected chi connectivity index (χ2v) is 6.78. The lowest BCUT2D eigenvalue weighted by molar-refractivity contribution is -0.136. The zero-order valence-corrected chi connectivity index (χ0v) is 14.9.